The fraction of sp³-hybridized carbons (Fsp3) is 0.611. The van der Waals surface area contributed by atoms with Gasteiger partial charge in [-0.15, -0.1) is 0 Å². The molecule has 1 aromatic carbocycles. The first-order chi connectivity index (χ1) is 10.2. The van der Waals surface area contributed by atoms with Crippen molar-refractivity contribution >= 4 is 5.91 Å². The van der Waals surface area contributed by atoms with E-state index in [0.29, 0.717) is 5.91 Å². The Morgan fingerprint density at radius 3 is 2.62 bits per heavy atom. The molecule has 3 rings (SSSR count). The van der Waals surface area contributed by atoms with Crippen molar-refractivity contribution in [2.24, 2.45) is 5.92 Å². The summed E-state index contributed by atoms with van der Waals surface area (Å²) in [5.41, 5.74) is 1.31. The Balaban J connectivity index is 1.49. The summed E-state index contributed by atoms with van der Waals surface area (Å²) in [5.74, 6) is 1.17. The lowest BCUT2D eigenvalue weighted by molar-refractivity contribution is -0.130. The minimum absolute atomic E-state index is 0.00148. The normalized spacial score (nSPS) is 26.1. The average molecular weight is 286 g/mol. The zero-order chi connectivity index (χ0) is 14.7. The number of amides is 1. The lowest BCUT2D eigenvalue weighted by atomic mass is 9.83. The molecule has 0 bridgehead atoms. The van der Waals surface area contributed by atoms with E-state index < -0.39 is 0 Å². The van der Waals surface area contributed by atoms with Gasteiger partial charge in [0.05, 0.1) is 12.2 Å². The summed E-state index contributed by atoms with van der Waals surface area (Å²) in [5, 5.41) is 3.46. The van der Waals surface area contributed by atoms with Crippen LogP contribution in [0, 0.1) is 5.92 Å². The first-order valence-corrected chi connectivity index (χ1v) is 8.34. The highest BCUT2D eigenvalue weighted by Crippen LogP contribution is 2.30. The van der Waals surface area contributed by atoms with Crippen molar-refractivity contribution in [3.63, 3.8) is 0 Å². The molecule has 1 amide bonds. The Bertz CT molecular complexity index is 469. The summed E-state index contributed by atoms with van der Waals surface area (Å²) in [6.45, 7) is 3.04. The molecule has 1 saturated carbocycles. The smallest absolute Gasteiger partial charge is 0.241 e. The van der Waals surface area contributed by atoms with Gasteiger partial charge in [0, 0.05) is 6.54 Å². The maximum Gasteiger partial charge on any atom is 0.241 e. The molecule has 114 valence electrons. The number of nitrogens with zero attached hydrogens (tertiary/aromatic N) is 1. The molecule has 0 radical (unpaired) electrons. The molecule has 2 atom stereocenters. The highest BCUT2D eigenvalue weighted by atomic mass is 16.2. The summed E-state index contributed by atoms with van der Waals surface area (Å²) < 4.78 is 0. The van der Waals surface area contributed by atoms with Crippen molar-refractivity contribution in [1.29, 1.82) is 0 Å². The highest BCUT2D eigenvalue weighted by Gasteiger charge is 2.36. The molecule has 2 unspecified atom stereocenters. The number of hydrogen-bond donors (Lipinski definition) is 1. The van der Waals surface area contributed by atoms with E-state index in [1.54, 1.807) is 0 Å². The van der Waals surface area contributed by atoms with Crippen LogP contribution in [0.4, 0.5) is 0 Å². The van der Waals surface area contributed by atoms with Crippen molar-refractivity contribution in [2.75, 3.05) is 6.54 Å². The molecule has 21 heavy (non-hydrogen) atoms. The molecule has 0 spiro atoms. The van der Waals surface area contributed by atoms with Crippen molar-refractivity contribution < 1.29 is 4.79 Å². The van der Waals surface area contributed by atoms with Gasteiger partial charge in [-0.1, -0.05) is 49.6 Å². The standard InChI is InChI=1S/C18H26N2O/c1-14-19-17(11-10-15-6-3-2-4-7-15)18(21)20(14)13-12-16-8-5-9-16/h2-4,6-7,14,16-17,19H,5,8-13H2,1H3. The van der Waals surface area contributed by atoms with Gasteiger partial charge in [0.15, 0.2) is 0 Å². The fourth-order valence-corrected chi connectivity index (χ4v) is 3.41. The van der Waals surface area contributed by atoms with Crippen molar-refractivity contribution in [3.8, 4) is 0 Å². The molecule has 3 heteroatoms. The van der Waals surface area contributed by atoms with E-state index in [-0.39, 0.29) is 12.2 Å². The molecule has 0 aromatic heterocycles. The molecule has 1 aliphatic heterocycles. The third-order valence-electron chi connectivity index (χ3n) is 5.06. The Kier molecular flexibility index (Phi) is 4.59. The molecule has 1 aromatic rings. The predicted octanol–water partition coefficient (Wildman–Crippen LogP) is 2.96. The minimum Gasteiger partial charge on any atom is -0.326 e. The van der Waals surface area contributed by atoms with Crippen LogP contribution in [0.3, 0.4) is 0 Å². The van der Waals surface area contributed by atoms with Crippen LogP contribution in [-0.4, -0.2) is 29.6 Å². The molecule has 2 fully saturated rings. The number of carbonyl (C=O) groups is 1. The molecule has 2 aliphatic rings. The first kappa shape index (κ1) is 14.6. The molecular weight excluding hydrogens is 260 g/mol. The second-order valence-corrected chi connectivity index (χ2v) is 6.54. The van der Waals surface area contributed by atoms with Crippen LogP contribution < -0.4 is 5.32 Å². The lowest BCUT2D eigenvalue weighted by Crippen LogP contribution is -2.36. The van der Waals surface area contributed by atoms with Crippen molar-refractivity contribution in [2.45, 2.75) is 57.7 Å². The number of benzene rings is 1. The first-order valence-electron chi connectivity index (χ1n) is 8.34. The van der Waals surface area contributed by atoms with E-state index in [1.807, 2.05) is 11.0 Å². The van der Waals surface area contributed by atoms with E-state index in [1.165, 1.54) is 31.2 Å². The van der Waals surface area contributed by atoms with E-state index in [0.717, 1.165) is 25.3 Å². The Hall–Kier alpha value is -1.35. The van der Waals surface area contributed by atoms with Crippen molar-refractivity contribution in [3.05, 3.63) is 35.9 Å². The SMILES string of the molecule is CC1NC(CCc2ccccc2)C(=O)N1CCC1CCC1. The van der Waals surface area contributed by atoms with Crippen LogP contribution in [0.15, 0.2) is 30.3 Å². The summed E-state index contributed by atoms with van der Waals surface area (Å²) in [4.78, 5) is 14.6. The van der Waals surface area contributed by atoms with E-state index in [9.17, 15) is 4.79 Å². The summed E-state index contributed by atoms with van der Waals surface area (Å²) >= 11 is 0. The third kappa shape index (κ3) is 3.46. The van der Waals surface area contributed by atoms with Gasteiger partial charge in [0.2, 0.25) is 5.91 Å². The van der Waals surface area contributed by atoms with E-state index in [2.05, 4.69) is 36.5 Å². The van der Waals surface area contributed by atoms with Crippen LogP contribution in [-0.2, 0) is 11.2 Å². The van der Waals surface area contributed by atoms with Crippen LogP contribution in [0.1, 0.15) is 44.6 Å². The second kappa shape index (κ2) is 6.61. The second-order valence-electron chi connectivity index (χ2n) is 6.54. The van der Waals surface area contributed by atoms with Gasteiger partial charge in [0.25, 0.3) is 0 Å². The van der Waals surface area contributed by atoms with Gasteiger partial charge in [-0.3, -0.25) is 10.1 Å². The molecule has 1 heterocycles. The quantitative estimate of drug-likeness (QED) is 0.872. The monoisotopic (exact) mass is 286 g/mol. The summed E-state index contributed by atoms with van der Waals surface area (Å²) in [6.07, 6.45) is 7.34. The van der Waals surface area contributed by atoms with E-state index in [4.69, 9.17) is 0 Å². The zero-order valence-electron chi connectivity index (χ0n) is 12.9. The maximum absolute atomic E-state index is 12.5. The van der Waals surface area contributed by atoms with Crippen molar-refractivity contribution in [1.82, 2.24) is 10.2 Å². The molecule has 1 aliphatic carbocycles. The molecule has 3 nitrogen and oxygen atoms in total. The van der Waals surface area contributed by atoms with Gasteiger partial charge < -0.3 is 4.90 Å². The Morgan fingerprint density at radius 1 is 1.19 bits per heavy atom. The van der Waals surface area contributed by atoms with Crippen LogP contribution in [0.2, 0.25) is 0 Å². The third-order valence-corrected chi connectivity index (χ3v) is 5.06. The number of nitrogens with one attached hydrogen (secondary N) is 1. The van der Waals surface area contributed by atoms with E-state index >= 15 is 0 Å². The number of hydrogen-bond acceptors (Lipinski definition) is 2. The number of carbonyl (C=O) groups excluding carboxylic acids is 1. The number of rotatable bonds is 6. The molecule has 1 N–H and O–H groups in total. The van der Waals surface area contributed by atoms with Crippen LogP contribution in [0.25, 0.3) is 0 Å². The Labute approximate surface area is 127 Å². The van der Waals surface area contributed by atoms with Gasteiger partial charge in [-0.05, 0) is 37.7 Å². The van der Waals surface area contributed by atoms with Gasteiger partial charge in [-0.25, -0.2) is 0 Å². The summed E-state index contributed by atoms with van der Waals surface area (Å²) in [7, 11) is 0. The number of aryl methyl sites for hydroxylation is 1. The summed E-state index contributed by atoms with van der Waals surface area (Å²) in [6, 6.07) is 10.4. The van der Waals surface area contributed by atoms with Crippen LogP contribution >= 0.6 is 0 Å². The van der Waals surface area contributed by atoms with Crippen LogP contribution in [0.5, 0.6) is 0 Å². The minimum atomic E-state index is 0.00148. The van der Waals surface area contributed by atoms with Gasteiger partial charge in [-0.2, -0.15) is 0 Å². The van der Waals surface area contributed by atoms with Gasteiger partial charge in [0.1, 0.15) is 0 Å². The predicted molar refractivity (Wildman–Crippen MR) is 84.8 cm³/mol. The molecule has 1 saturated heterocycles. The largest absolute Gasteiger partial charge is 0.326 e. The Morgan fingerprint density at radius 2 is 1.95 bits per heavy atom. The van der Waals surface area contributed by atoms with Gasteiger partial charge >= 0.3 is 0 Å². The topological polar surface area (TPSA) is 32.3 Å². The lowest BCUT2D eigenvalue weighted by Gasteiger charge is -2.29. The fourth-order valence-electron chi connectivity index (χ4n) is 3.41. The zero-order valence-corrected chi connectivity index (χ0v) is 12.9. The molecular formula is C18H26N2O. The highest BCUT2D eigenvalue weighted by molar-refractivity contribution is 5.84. The average Bonchev–Trinajstić information content (AvgIpc) is 2.72. The maximum atomic E-state index is 12.5.